The highest BCUT2D eigenvalue weighted by molar-refractivity contribution is 7.89. The summed E-state index contributed by atoms with van der Waals surface area (Å²) < 4.78 is 26.7. The largest absolute Gasteiger partial charge is 0.481 e. The minimum atomic E-state index is -3.61. The number of hydrogen-bond acceptors (Lipinski definition) is 4. The maximum absolute atomic E-state index is 12.7. The quantitative estimate of drug-likeness (QED) is 0.849. The Bertz CT molecular complexity index is 561. The number of aliphatic carboxylic acids is 1. The van der Waals surface area contributed by atoms with E-state index in [0.29, 0.717) is 25.8 Å². The summed E-state index contributed by atoms with van der Waals surface area (Å²) in [4.78, 5) is 11.2. The molecule has 2 aliphatic rings. The van der Waals surface area contributed by atoms with Crippen molar-refractivity contribution in [2.75, 3.05) is 18.8 Å². The lowest BCUT2D eigenvalue weighted by Gasteiger charge is -2.37. The lowest BCUT2D eigenvalue weighted by atomic mass is 9.77. The van der Waals surface area contributed by atoms with E-state index in [-0.39, 0.29) is 18.2 Å². The SMILES string of the molecule is CC1CC(C(=O)O)CN(S(=O)(=O)CC2(C#N)CCCCC2)C1. The van der Waals surface area contributed by atoms with Gasteiger partial charge >= 0.3 is 5.97 Å². The summed E-state index contributed by atoms with van der Waals surface area (Å²) in [6, 6.07) is 2.24. The highest BCUT2D eigenvalue weighted by atomic mass is 32.2. The lowest BCUT2D eigenvalue weighted by Crippen LogP contribution is -2.48. The van der Waals surface area contributed by atoms with Crippen molar-refractivity contribution in [3.8, 4) is 6.07 Å². The van der Waals surface area contributed by atoms with Crippen LogP contribution >= 0.6 is 0 Å². The van der Waals surface area contributed by atoms with Crippen LogP contribution in [-0.4, -0.2) is 42.6 Å². The number of nitriles is 1. The number of rotatable bonds is 4. The summed E-state index contributed by atoms with van der Waals surface area (Å²) in [6.45, 7) is 2.26. The Morgan fingerprint density at radius 1 is 1.32 bits per heavy atom. The molecule has 0 spiro atoms. The van der Waals surface area contributed by atoms with E-state index in [2.05, 4.69) is 6.07 Å². The highest BCUT2D eigenvalue weighted by Gasteiger charge is 2.42. The van der Waals surface area contributed by atoms with Gasteiger partial charge in [-0.3, -0.25) is 4.79 Å². The molecular formula is C15H24N2O4S. The van der Waals surface area contributed by atoms with Gasteiger partial charge in [-0.05, 0) is 25.2 Å². The fourth-order valence-corrected chi connectivity index (χ4v) is 5.79. The van der Waals surface area contributed by atoms with Gasteiger partial charge in [0.2, 0.25) is 10.0 Å². The number of carboxylic acid groups (broad SMARTS) is 1. The van der Waals surface area contributed by atoms with Gasteiger partial charge < -0.3 is 5.11 Å². The van der Waals surface area contributed by atoms with Crippen molar-refractivity contribution in [1.82, 2.24) is 4.31 Å². The van der Waals surface area contributed by atoms with E-state index >= 15 is 0 Å². The predicted molar refractivity (Wildman–Crippen MR) is 81.4 cm³/mol. The summed E-state index contributed by atoms with van der Waals surface area (Å²) >= 11 is 0. The predicted octanol–water partition coefficient (Wildman–Crippen LogP) is 1.83. The maximum atomic E-state index is 12.7. The fraction of sp³-hybridized carbons (Fsp3) is 0.867. The van der Waals surface area contributed by atoms with E-state index in [4.69, 9.17) is 0 Å². The molecule has 2 rings (SSSR count). The molecule has 0 aromatic carbocycles. The third kappa shape index (κ3) is 3.79. The second kappa shape index (κ2) is 6.55. The molecule has 2 atom stereocenters. The molecule has 0 aromatic rings. The number of carbonyl (C=O) groups is 1. The molecule has 22 heavy (non-hydrogen) atoms. The van der Waals surface area contributed by atoms with E-state index in [1.54, 1.807) is 0 Å². The molecule has 1 aliphatic carbocycles. The Morgan fingerprint density at radius 3 is 2.50 bits per heavy atom. The zero-order valence-electron chi connectivity index (χ0n) is 13.0. The van der Waals surface area contributed by atoms with Gasteiger partial charge in [-0.1, -0.05) is 26.2 Å². The minimum absolute atomic E-state index is 0.0222. The van der Waals surface area contributed by atoms with Crippen molar-refractivity contribution in [3.05, 3.63) is 0 Å². The van der Waals surface area contributed by atoms with Crippen LogP contribution in [-0.2, 0) is 14.8 Å². The molecule has 0 amide bonds. The zero-order chi connectivity index (χ0) is 16.4. The van der Waals surface area contributed by atoms with Crippen LogP contribution < -0.4 is 0 Å². The molecule has 1 saturated heterocycles. The first-order valence-electron chi connectivity index (χ1n) is 7.90. The molecule has 1 saturated carbocycles. The average Bonchev–Trinajstić information content (AvgIpc) is 2.47. The Balaban J connectivity index is 2.15. The Labute approximate surface area is 132 Å². The van der Waals surface area contributed by atoms with Crippen LogP contribution in [0.3, 0.4) is 0 Å². The summed E-state index contributed by atoms with van der Waals surface area (Å²) in [7, 11) is -3.61. The van der Waals surface area contributed by atoms with E-state index in [0.717, 1.165) is 19.3 Å². The van der Waals surface area contributed by atoms with Gasteiger partial charge in [0.05, 0.1) is 23.2 Å². The van der Waals surface area contributed by atoms with Crippen molar-refractivity contribution >= 4 is 16.0 Å². The fourth-order valence-electron chi connectivity index (χ4n) is 3.67. The number of hydrogen-bond donors (Lipinski definition) is 1. The van der Waals surface area contributed by atoms with Crippen molar-refractivity contribution < 1.29 is 18.3 Å². The summed E-state index contributed by atoms with van der Waals surface area (Å²) in [5.74, 6) is -1.74. The third-order valence-electron chi connectivity index (χ3n) is 4.88. The molecule has 0 aromatic heterocycles. The minimum Gasteiger partial charge on any atom is -0.481 e. The van der Waals surface area contributed by atoms with Crippen LogP contribution in [0.15, 0.2) is 0 Å². The number of nitrogens with zero attached hydrogens (tertiary/aromatic N) is 2. The van der Waals surface area contributed by atoms with Gasteiger partial charge in [0.15, 0.2) is 0 Å². The van der Waals surface area contributed by atoms with Crippen LogP contribution in [0.2, 0.25) is 0 Å². The van der Waals surface area contributed by atoms with Crippen LogP contribution in [0.25, 0.3) is 0 Å². The first-order valence-corrected chi connectivity index (χ1v) is 9.51. The Kier molecular flexibility index (Phi) is 5.13. The molecule has 0 bridgehead atoms. The van der Waals surface area contributed by atoms with Crippen molar-refractivity contribution in [1.29, 1.82) is 5.26 Å². The Hall–Kier alpha value is -1.13. The number of piperidine rings is 1. The monoisotopic (exact) mass is 328 g/mol. The second-order valence-corrected chi connectivity index (χ2v) is 8.87. The summed E-state index contributed by atoms with van der Waals surface area (Å²) in [5, 5.41) is 18.7. The second-order valence-electron chi connectivity index (χ2n) is 6.90. The summed E-state index contributed by atoms with van der Waals surface area (Å²) in [6.07, 6.45) is 4.56. The van der Waals surface area contributed by atoms with Crippen LogP contribution in [0.1, 0.15) is 45.4 Å². The maximum Gasteiger partial charge on any atom is 0.307 e. The molecule has 2 unspecified atom stereocenters. The molecule has 124 valence electrons. The number of sulfonamides is 1. The molecule has 1 heterocycles. The third-order valence-corrected chi connectivity index (χ3v) is 6.88. The van der Waals surface area contributed by atoms with E-state index in [1.165, 1.54) is 4.31 Å². The normalized spacial score (nSPS) is 29.6. The zero-order valence-corrected chi connectivity index (χ0v) is 13.8. The smallest absolute Gasteiger partial charge is 0.307 e. The van der Waals surface area contributed by atoms with Crippen LogP contribution in [0, 0.1) is 28.6 Å². The molecule has 6 nitrogen and oxygen atoms in total. The van der Waals surface area contributed by atoms with Gasteiger partial charge in [-0.25, -0.2) is 12.7 Å². The summed E-state index contributed by atoms with van der Waals surface area (Å²) in [5.41, 5.74) is -0.795. The van der Waals surface area contributed by atoms with E-state index < -0.39 is 27.3 Å². The molecule has 7 heteroatoms. The topological polar surface area (TPSA) is 98.5 Å². The molecule has 2 fully saturated rings. The first-order chi connectivity index (χ1) is 10.3. The van der Waals surface area contributed by atoms with Crippen LogP contribution in [0.4, 0.5) is 0 Å². The van der Waals surface area contributed by atoms with Gasteiger partial charge in [-0.2, -0.15) is 5.26 Å². The van der Waals surface area contributed by atoms with Gasteiger partial charge in [-0.15, -0.1) is 0 Å². The van der Waals surface area contributed by atoms with E-state index in [1.807, 2.05) is 6.92 Å². The lowest BCUT2D eigenvalue weighted by molar-refractivity contribution is -0.143. The Morgan fingerprint density at radius 2 is 1.95 bits per heavy atom. The van der Waals surface area contributed by atoms with Crippen LogP contribution in [0.5, 0.6) is 0 Å². The van der Waals surface area contributed by atoms with Gasteiger partial charge in [0.1, 0.15) is 0 Å². The number of carboxylic acids is 1. The molecule has 0 radical (unpaired) electrons. The van der Waals surface area contributed by atoms with Crippen molar-refractivity contribution in [2.24, 2.45) is 17.3 Å². The van der Waals surface area contributed by atoms with Crippen molar-refractivity contribution in [2.45, 2.75) is 45.4 Å². The standard InChI is InChI=1S/C15H24N2O4S/c1-12-7-13(14(18)19)9-17(8-12)22(20,21)11-15(10-16)5-3-2-4-6-15/h12-13H,2-9,11H2,1H3,(H,18,19). The molecule has 1 N–H and O–H groups in total. The molecular weight excluding hydrogens is 304 g/mol. The highest BCUT2D eigenvalue weighted by Crippen LogP contribution is 2.38. The van der Waals surface area contributed by atoms with Crippen molar-refractivity contribution in [3.63, 3.8) is 0 Å². The van der Waals surface area contributed by atoms with Gasteiger partial charge in [0.25, 0.3) is 0 Å². The average molecular weight is 328 g/mol. The van der Waals surface area contributed by atoms with Gasteiger partial charge in [0, 0.05) is 13.1 Å². The first kappa shape index (κ1) is 17.2. The van der Waals surface area contributed by atoms with E-state index in [9.17, 15) is 23.6 Å². The molecule has 1 aliphatic heterocycles.